The summed E-state index contributed by atoms with van der Waals surface area (Å²) in [5, 5.41) is 20.0. The van der Waals surface area contributed by atoms with Gasteiger partial charge in [0.15, 0.2) is 6.10 Å². The zero-order valence-electron chi connectivity index (χ0n) is 9.04. The molecule has 0 aliphatic rings. The Morgan fingerprint density at radius 2 is 2.12 bits per heavy atom. The molecule has 0 radical (unpaired) electrons. The number of nitrogens with zero attached hydrogens (tertiary/aromatic N) is 1. The molecule has 0 bridgehead atoms. The van der Waals surface area contributed by atoms with Gasteiger partial charge in [-0.15, -0.1) is 0 Å². The number of aliphatic hydroxyl groups is 1. The van der Waals surface area contributed by atoms with Gasteiger partial charge >= 0.3 is 6.18 Å². The van der Waals surface area contributed by atoms with Gasteiger partial charge in [0.2, 0.25) is 0 Å². The van der Waals surface area contributed by atoms with E-state index in [1.807, 2.05) is 6.07 Å². The van der Waals surface area contributed by atoms with Crippen LogP contribution in [0.25, 0.3) is 0 Å². The third kappa shape index (κ3) is 3.64. The summed E-state index contributed by atoms with van der Waals surface area (Å²) < 4.78 is 36.2. The maximum absolute atomic E-state index is 12.1. The van der Waals surface area contributed by atoms with Crippen LogP contribution in [0.1, 0.15) is 11.1 Å². The molecule has 0 saturated carbocycles. The van der Waals surface area contributed by atoms with E-state index in [0.29, 0.717) is 0 Å². The fourth-order valence-electron chi connectivity index (χ4n) is 1.22. The average Bonchev–Trinajstić information content (AvgIpc) is 2.24. The molecule has 0 amide bonds. The van der Waals surface area contributed by atoms with E-state index in [4.69, 9.17) is 10.4 Å². The maximum Gasteiger partial charge on any atom is 0.416 e. The van der Waals surface area contributed by atoms with Crippen molar-refractivity contribution >= 4 is 5.69 Å². The third-order valence-electron chi connectivity index (χ3n) is 2.16. The predicted molar refractivity (Wildman–Crippen MR) is 56.4 cm³/mol. The Hall–Kier alpha value is -1.74. The quantitative estimate of drug-likeness (QED) is 0.857. The van der Waals surface area contributed by atoms with Crippen molar-refractivity contribution in [3.63, 3.8) is 0 Å². The van der Waals surface area contributed by atoms with E-state index in [1.165, 1.54) is 6.07 Å². The van der Waals surface area contributed by atoms with Gasteiger partial charge in [0.1, 0.15) is 6.07 Å². The van der Waals surface area contributed by atoms with E-state index in [-0.39, 0.29) is 11.3 Å². The first kappa shape index (κ1) is 13.3. The number of aliphatic hydroxyl groups excluding tert-OH is 1. The van der Waals surface area contributed by atoms with Crippen LogP contribution < -0.4 is 5.32 Å². The molecule has 0 heterocycles. The molecule has 1 aromatic carbocycles. The average molecular weight is 244 g/mol. The van der Waals surface area contributed by atoms with Crippen LogP contribution in [0, 0.1) is 18.3 Å². The largest absolute Gasteiger partial charge is 0.416 e. The van der Waals surface area contributed by atoms with E-state index in [9.17, 15) is 13.2 Å². The normalized spacial score (nSPS) is 12.9. The number of benzene rings is 1. The molecule has 1 aromatic rings. The highest BCUT2D eigenvalue weighted by Gasteiger charge is 2.37. The number of nitrogens with one attached hydrogen (secondary N) is 1. The summed E-state index contributed by atoms with van der Waals surface area (Å²) >= 11 is 0. The second-order valence-corrected chi connectivity index (χ2v) is 3.60. The topological polar surface area (TPSA) is 56.0 Å². The number of nitriles is 1. The number of aryl methyl sites for hydroxylation is 1. The second kappa shape index (κ2) is 5.06. The van der Waals surface area contributed by atoms with Crippen LogP contribution in [0.2, 0.25) is 0 Å². The minimum Gasteiger partial charge on any atom is -0.382 e. The molecule has 2 N–H and O–H groups in total. The fourth-order valence-corrected chi connectivity index (χ4v) is 1.22. The second-order valence-electron chi connectivity index (χ2n) is 3.60. The zero-order valence-corrected chi connectivity index (χ0v) is 9.04. The van der Waals surface area contributed by atoms with Gasteiger partial charge in [-0.3, -0.25) is 0 Å². The van der Waals surface area contributed by atoms with E-state index in [2.05, 4.69) is 5.32 Å². The first-order valence-electron chi connectivity index (χ1n) is 4.84. The lowest BCUT2D eigenvalue weighted by molar-refractivity contribution is -0.198. The first-order chi connectivity index (χ1) is 7.84. The van der Waals surface area contributed by atoms with Gasteiger partial charge in [-0.05, 0) is 24.6 Å². The Balaban J connectivity index is 2.76. The molecule has 1 rings (SSSR count). The molecular formula is C11H11F3N2O. The van der Waals surface area contributed by atoms with Crippen molar-refractivity contribution in [3.05, 3.63) is 29.3 Å². The molecule has 0 aliphatic heterocycles. The third-order valence-corrected chi connectivity index (χ3v) is 2.16. The molecule has 1 atom stereocenters. The van der Waals surface area contributed by atoms with Crippen LogP contribution in [0.15, 0.2) is 18.2 Å². The van der Waals surface area contributed by atoms with Crippen LogP contribution in [0.4, 0.5) is 18.9 Å². The number of hydrogen-bond acceptors (Lipinski definition) is 3. The molecule has 0 fully saturated rings. The summed E-state index contributed by atoms with van der Waals surface area (Å²) in [4.78, 5) is 0. The number of rotatable bonds is 3. The Bertz CT molecular complexity index is 437. The van der Waals surface area contributed by atoms with Crippen molar-refractivity contribution in [1.29, 1.82) is 5.26 Å². The van der Waals surface area contributed by atoms with Gasteiger partial charge in [-0.2, -0.15) is 18.4 Å². The predicted octanol–water partition coefficient (Wildman–Crippen LogP) is 2.20. The Labute approximate surface area is 96.5 Å². The van der Waals surface area contributed by atoms with Gasteiger partial charge in [0.05, 0.1) is 11.3 Å². The van der Waals surface area contributed by atoms with E-state index in [0.717, 1.165) is 5.56 Å². The summed E-state index contributed by atoms with van der Waals surface area (Å²) in [6.07, 6.45) is -7.11. The zero-order chi connectivity index (χ0) is 13.1. The molecule has 0 spiro atoms. The fraction of sp³-hybridized carbons (Fsp3) is 0.364. The van der Waals surface area contributed by atoms with Gasteiger partial charge in [0, 0.05) is 6.54 Å². The van der Waals surface area contributed by atoms with E-state index in [1.54, 1.807) is 19.1 Å². The summed E-state index contributed by atoms with van der Waals surface area (Å²) in [5.41, 5.74) is 1.34. The van der Waals surface area contributed by atoms with E-state index >= 15 is 0 Å². The highest BCUT2D eigenvalue weighted by atomic mass is 19.4. The Morgan fingerprint density at radius 3 is 2.65 bits per heavy atom. The molecule has 0 aliphatic carbocycles. The standard InChI is InChI=1S/C11H11F3N2O/c1-7-2-3-8(5-15)9(4-7)16-6-10(17)11(12,13)14/h2-4,10,16-17H,6H2,1H3. The van der Waals surface area contributed by atoms with Crippen molar-refractivity contribution in [2.75, 3.05) is 11.9 Å². The lowest BCUT2D eigenvalue weighted by atomic mass is 10.1. The number of anilines is 1. The van der Waals surface area contributed by atoms with Crippen molar-refractivity contribution in [1.82, 2.24) is 0 Å². The highest BCUT2D eigenvalue weighted by Crippen LogP contribution is 2.22. The molecule has 17 heavy (non-hydrogen) atoms. The van der Waals surface area contributed by atoms with E-state index < -0.39 is 18.8 Å². The maximum atomic E-state index is 12.1. The lowest BCUT2D eigenvalue weighted by Gasteiger charge is -2.16. The molecule has 92 valence electrons. The number of halogens is 3. The molecule has 0 saturated heterocycles. The van der Waals surface area contributed by atoms with Crippen LogP contribution in [0.3, 0.4) is 0 Å². The smallest absolute Gasteiger partial charge is 0.382 e. The number of hydrogen-bond donors (Lipinski definition) is 2. The molecule has 3 nitrogen and oxygen atoms in total. The monoisotopic (exact) mass is 244 g/mol. The van der Waals surface area contributed by atoms with Crippen LogP contribution in [-0.2, 0) is 0 Å². The van der Waals surface area contributed by atoms with Gasteiger partial charge in [0.25, 0.3) is 0 Å². The van der Waals surface area contributed by atoms with Crippen LogP contribution in [-0.4, -0.2) is 23.9 Å². The molecular weight excluding hydrogens is 233 g/mol. The van der Waals surface area contributed by atoms with Gasteiger partial charge in [-0.25, -0.2) is 0 Å². The minimum absolute atomic E-state index is 0.241. The molecule has 0 aromatic heterocycles. The lowest BCUT2D eigenvalue weighted by Crippen LogP contribution is -2.35. The highest BCUT2D eigenvalue weighted by molar-refractivity contribution is 5.58. The summed E-state index contributed by atoms with van der Waals surface area (Å²) in [7, 11) is 0. The van der Waals surface area contributed by atoms with Crippen LogP contribution in [0.5, 0.6) is 0 Å². The van der Waals surface area contributed by atoms with Crippen molar-refractivity contribution in [3.8, 4) is 6.07 Å². The SMILES string of the molecule is Cc1ccc(C#N)c(NCC(O)C(F)(F)F)c1. The van der Waals surface area contributed by atoms with Crippen LogP contribution >= 0.6 is 0 Å². The van der Waals surface area contributed by atoms with Crippen molar-refractivity contribution < 1.29 is 18.3 Å². The number of alkyl halides is 3. The molecule has 1 unspecified atom stereocenters. The Morgan fingerprint density at radius 1 is 1.47 bits per heavy atom. The molecule has 6 heteroatoms. The minimum atomic E-state index is -4.66. The Kier molecular flexibility index (Phi) is 3.97. The van der Waals surface area contributed by atoms with Crippen molar-refractivity contribution in [2.45, 2.75) is 19.2 Å². The summed E-state index contributed by atoms with van der Waals surface area (Å²) in [6.45, 7) is 1.08. The van der Waals surface area contributed by atoms with Gasteiger partial charge < -0.3 is 10.4 Å². The van der Waals surface area contributed by atoms with Crippen molar-refractivity contribution in [2.24, 2.45) is 0 Å². The summed E-state index contributed by atoms with van der Waals surface area (Å²) in [6, 6.07) is 6.61. The first-order valence-corrected chi connectivity index (χ1v) is 4.84. The van der Waals surface area contributed by atoms with Gasteiger partial charge in [-0.1, -0.05) is 6.07 Å². The summed E-state index contributed by atoms with van der Waals surface area (Å²) in [5.74, 6) is 0.